The molecule has 0 aliphatic heterocycles. The second-order valence-corrected chi connectivity index (χ2v) is 6.74. The van der Waals surface area contributed by atoms with Crippen molar-refractivity contribution < 1.29 is 9.59 Å². The molecule has 3 aromatic carbocycles. The molecule has 0 saturated heterocycles. The predicted molar refractivity (Wildman–Crippen MR) is 112 cm³/mol. The molecule has 138 valence electrons. The second kappa shape index (κ2) is 7.53. The van der Waals surface area contributed by atoms with Crippen molar-refractivity contribution >= 4 is 17.5 Å². The average molecular weight is 368 g/mol. The Morgan fingerprint density at radius 3 is 2.36 bits per heavy atom. The number of anilines is 1. The van der Waals surface area contributed by atoms with E-state index < -0.39 is 0 Å². The Hall–Kier alpha value is -3.66. The van der Waals surface area contributed by atoms with Gasteiger partial charge in [-0.25, -0.2) is 0 Å². The molecule has 1 aliphatic carbocycles. The van der Waals surface area contributed by atoms with Gasteiger partial charge in [0.25, 0.3) is 11.8 Å². The third-order valence-electron chi connectivity index (χ3n) is 4.87. The average Bonchev–Trinajstić information content (AvgIpc) is 3.10. The Kier molecular flexibility index (Phi) is 4.77. The van der Waals surface area contributed by atoms with Crippen LogP contribution in [0.1, 0.15) is 31.8 Å². The first-order valence-corrected chi connectivity index (χ1v) is 9.17. The van der Waals surface area contributed by atoms with Crippen LogP contribution in [0.4, 0.5) is 5.69 Å². The van der Waals surface area contributed by atoms with E-state index in [-0.39, 0.29) is 11.8 Å². The van der Waals surface area contributed by atoms with E-state index in [2.05, 4.69) is 29.3 Å². The van der Waals surface area contributed by atoms with Crippen LogP contribution in [0, 0.1) is 0 Å². The molecule has 3 aromatic rings. The fourth-order valence-electron chi connectivity index (χ4n) is 3.44. The second-order valence-electron chi connectivity index (χ2n) is 6.74. The molecule has 0 heterocycles. The maximum absolute atomic E-state index is 12.7. The number of benzene rings is 3. The number of fused-ring (bicyclic) bond motifs is 3. The summed E-state index contributed by atoms with van der Waals surface area (Å²) in [5, 5.41) is 5.62. The van der Waals surface area contributed by atoms with E-state index in [1.165, 1.54) is 16.7 Å². The van der Waals surface area contributed by atoms with Gasteiger partial charge in [0.05, 0.1) is 0 Å². The van der Waals surface area contributed by atoms with E-state index in [0.29, 0.717) is 23.4 Å². The lowest BCUT2D eigenvalue weighted by atomic mass is 10.0. The monoisotopic (exact) mass is 368 g/mol. The van der Waals surface area contributed by atoms with Gasteiger partial charge in [-0.3, -0.25) is 9.59 Å². The minimum absolute atomic E-state index is 0.170. The molecule has 0 saturated carbocycles. The maximum atomic E-state index is 12.7. The van der Waals surface area contributed by atoms with Gasteiger partial charge >= 0.3 is 0 Å². The van der Waals surface area contributed by atoms with Crippen molar-refractivity contribution in [2.24, 2.45) is 0 Å². The molecule has 0 unspecified atom stereocenters. The number of rotatable bonds is 5. The van der Waals surface area contributed by atoms with Crippen LogP contribution in [0.2, 0.25) is 0 Å². The van der Waals surface area contributed by atoms with Gasteiger partial charge in [-0.05, 0) is 65.1 Å². The molecule has 0 atom stereocenters. The number of carbonyl (C=O) groups excluding carboxylic acids is 2. The summed E-state index contributed by atoms with van der Waals surface area (Å²) in [4.78, 5) is 24.6. The fraction of sp³-hybridized carbons (Fsp3) is 0.0833. The third-order valence-corrected chi connectivity index (χ3v) is 4.87. The molecule has 4 rings (SSSR count). The number of amides is 2. The summed E-state index contributed by atoms with van der Waals surface area (Å²) in [6.45, 7) is 3.99. The number of carbonyl (C=O) groups is 2. The van der Waals surface area contributed by atoms with E-state index >= 15 is 0 Å². The molecule has 0 fully saturated rings. The summed E-state index contributed by atoms with van der Waals surface area (Å²) in [7, 11) is 0. The van der Waals surface area contributed by atoms with Gasteiger partial charge in [-0.1, -0.05) is 36.4 Å². The fourth-order valence-corrected chi connectivity index (χ4v) is 3.44. The first kappa shape index (κ1) is 17.7. The van der Waals surface area contributed by atoms with Crippen LogP contribution in [0.3, 0.4) is 0 Å². The van der Waals surface area contributed by atoms with Gasteiger partial charge in [0.1, 0.15) is 0 Å². The van der Waals surface area contributed by atoms with Crippen LogP contribution in [-0.2, 0) is 6.42 Å². The zero-order chi connectivity index (χ0) is 19.5. The predicted octanol–water partition coefficient (Wildman–Crippen LogP) is 4.43. The number of nitrogens with one attached hydrogen (secondary N) is 2. The first-order chi connectivity index (χ1) is 13.7. The SMILES string of the molecule is C=CCNC(=O)c1ccc(NC(=O)c2ccc3c(c2)-c2ccccc2C3)cc1. The smallest absolute Gasteiger partial charge is 0.255 e. The number of hydrogen-bond donors (Lipinski definition) is 2. The van der Waals surface area contributed by atoms with Crippen LogP contribution in [0.5, 0.6) is 0 Å². The van der Waals surface area contributed by atoms with Crippen LogP contribution in [0.25, 0.3) is 11.1 Å². The zero-order valence-electron chi connectivity index (χ0n) is 15.4. The van der Waals surface area contributed by atoms with Crippen molar-refractivity contribution in [1.29, 1.82) is 0 Å². The standard InChI is InChI=1S/C24H20N2O2/c1-2-13-25-23(27)16-9-11-20(12-10-16)26-24(28)19-8-7-18-14-17-5-3-4-6-21(17)22(18)15-19/h2-12,15H,1,13-14H2,(H,25,27)(H,26,28). The Morgan fingerprint density at radius 2 is 1.57 bits per heavy atom. The third kappa shape index (κ3) is 3.45. The molecule has 2 amide bonds. The summed E-state index contributed by atoms with van der Waals surface area (Å²) in [5.74, 6) is -0.342. The van der Waals surface area contributed by atoms with E-state index in [9.17, 15) is 9.59 Å². The van der Waals surface area contributed by atoms with Gasteiger partial charge in [-0.15, -0.1) is 6.58 Å². The molecule has 0 aromatic heterocycles. The van der Waals surface area contributed by atoms with Crippen LogP contribution in [0.15, 0.2) is 79.4 Å². The Morgan fingerprint density at radius 1 is 0.857 bits per heavy atom. The summed E-state index contributed by atoms with van der Waals surface area (Å²) >= 11 is 0. The minimum Gasteiger partial charge on any atom is -0.349 e. The van der Waals surface area contributed by atoms with E-state index in [0.717, 1.165) is 12.0 Å². The highest BCUT2D eigenvalue weighted by atomic mass is 16.2. The van der Waals surface area contributed by atoms with Crippen LogP contribution in [-0.4, -0.2) is 18.4 Å². The molecule has 0 radical (unpaired) electrons. The Labute approximate surface area is 163 Å². The van der Waals surface area contributed by atoms with Gasteiger partial charge in [-0.2, -0.15) is 0 Å². The quantitative estimate of drug-likeness (QED) is 0.512. The van der Waals surface area contributed by atoms with E-state index in [1.807, 2.05) is 30.3 Å². The van der Waals surface area contributed by atoms with E-state index in [1.54, 1.807) is 30.3 Å². The summed E-state index contributed by atoms with van der Waals surface area (Å²) in [5.41, 5.74) is 6.65. The topological polar surface area (TPSA) is 58.2 Å². The van der Waals surface area contributed by atoms with Crippen LogP contribution >= 0.6 is 0 Å². The Bertz CT molecular complexity index is 1070. The lowest BCUT2D eigenvalue weighted by molar-refractivity contribution is 0.0957. The summed E-state index contributed by atoms with van der Waals surface area (Å²) < 4.78 is 0. The lowest BCUT2D eigenvalue weighted by Crippen LogP contribution is -2.23. The highest BCUT2D eigenvalue weighted by Crippen LogP contribution is 2.36. The van der Waals surface area contributed by atoms with Crippen LogP contribution < -0.4 is 10.6 Å². The van der Waals surface area contributed by atoms with Crippen molar-refractivity contribution in [3.05, 3.63) is 102 Å². The van der Waals surface area contributed by atoms with Gasteiger partial charge in [0.15, 0.2) is 0 Å². The zero-order valence-corrected chi connectivity index (χ0v) is 15.4. The van der Waals surface area contributed by atoms with Crippen molar-refractivity contribution in [2.45, 2.75) is 6.42 Å². The molecule has 0 bridgehead atoms. The Balaban J connectivity index is 1.49. The maximum Gasteiger partial charge on any atom is 0.255 e. The van der Waals surface area contributed by atoms with Crippen molar-refractivity contribution in [3.63, 3.8) is 0 Å². The van der Waals surface area contributed by atoms with Gasteiger partial charge < -0.3 is 10.6 Å². The molecule has 0 spiro atoms. The highest BCUT2D eigenvalue weighted by Gasteiger charge is 2.19. The highest BCUT2D eigenvalue weighted by molar-refractivity contribution is 6.05. The molecule has 2 N–H and O–H groups in total. The van der Waals surface area contributed by atoms with Gasteiger partial charge in [0, 0.05) is 23.4 Å². The molecule has 4 heteroatoms. The summed E-state index contributed by atoms with van der Waals surface area (Å²) in [6, 6.07) is 20.9. The van der Waals surface area contributed by atoms with E-state index in [4.69, 9.17) is 0 Å². The molecular formula is C24H20N2O2. The normalized spacial score (nSPS) is 11.3. The van der Waals surface area contributed by atoms with Crippen molar-refractivity contribution in [3.8, 4) is 11.1 Å². The molecule has 28 heavy (non-hydrogen) atoms. The lowest BCUT2D eigenvalue weighted by Gasteiger charge is -2.09. The largest absolute Gasteiger partial charge is 0.349 e. The van der Waals surface area contributed by atoms with Crippen molar-refractivity contribution in [2.75, 3.05) is 11.9 Å². The number of hydrogen-bond acceptors (Lipinski definition) is 2. The van der Waals surface area contributed by atoms with Crippen molar-refractivity contribution in [1.82, 2.24) is 5.32 Å². The molecular weight excluding hydrogens is 348 g/mol. The van der Waals surface area contributed by atoms with Gasteiger partial charge in [0.2, 0.25) is 0 Å². The molecule has 4 nitrogen and oxygen atoms in total. The first-order valence-electron chi connectivity index (χ1n) is 9.17. The molecule has 1 aliphatic rings. The summed E-state index contributed by atoms with van der Waals surface area (Å²) in [6.07, 6.45) is 2.53. The minimum atomic E-state index is -0.171.